The maximum atomic E-state index is 10.4. The molecule has 0 bridgehead atoms. The van der Waals surface area contributed by atoms with Gasteiger partial charge in [-0.25, -0.2) is 20.1 Å². The van der Waals surface area contributed by atoms with E-state index in [-0.39, 0.29) is 5.96 Å². The van der Waals surface area contributed by atoms with Gasteiger partial charge >= 0.3 is 0 Å². The van der Waals surface area contributed by atoms with Gasteiger partial charge in [-0.05, 0) is 6.26 Å². The largest absolute Gasteiger partial charge is 0.365 e. The highest BCUT2D eigenvalue weighted by Crippen LogP contribution is 2.22. The van der Waals surface area contributed by atoms with Crippen molar-refractivity contribution >= 4 is 63.6 Å². The van der Waals surface area contributed by atoms with E-state index in [0.29, 0.717) is 53.3 Å². The molecule has 3 aliphatic rings. The summed E-state index contributed by atoms with van der Waals surface area (Å²) in [5.74, 6) is 2.46. The van der Waals surface area contributed by atoms with Crippen LogP contribution in [0.1, 0.15) is 9.75 Å². The van der Waals surface area contributed by atoms with E-state index in [1.54, 1.807) is 29.1 Å². The van der Waals surface area contributed by atoms with Crippen molar-refractivity contribution in [3.8, 4) is 0 Å². The summed E-state index contributed by atoms with van der Waals surface area (Å²) in [4.78, 5) is 45.5. The van der Waals surface area contributed by atoms with E-state index in [0.717, 1.165) is 54.1 Å². The number of nitrogens with zero attached hydrogens (tertiary/aromatic N) is 9. The van der Waals surface area contributed by atoms with Gasteiger partial charge in [0.25, 0.3) is 18.4 Å². The van der Waals surface area contributed by atoms with Gasteiger partial charge < -0.3 is 30.7 Å². The molecule has 0 aromatic carbocycles. The number of thiazole rings is 2. The van der Waals surface area contributed by atoms with E-state index >= 15 is 0 Å². The molecule has 2 aromatic rings. The second-order valence-electron chi connectivity index (χ2n) is 9.02. The summed E-state index contributed by atoms with van der Waals surface area (Å²) in [6, 6.07) is 0. The van der Waals surface area contributed by atoms with Gasteiger partial charge in [0, 0.05) is 73.7 Å². The minimum atomic E-state index is -0.708. The third-order valence-corrected chi connectivity index (χ3v) is 8.75. The second-order valence-corrected chi connectivity index (χ2v) is 13.4. The average molecular weight is 726 g/mol. The van der Waals surface area contributed by atoms with E-state index < -0.39 is 14.9 Å². The van der Waals surface area contributed by atoms with Crippen LogP contribution in [0.2, 0.25) is 8.93 Å². The second kappa shape index (κ2) is 18.3. The molecule has 0 saturated carbocycles. The number of rotatable bonds is 10. The van der Waals surface area contributed by atoms with Gasteiger partial charge in [0.2, 0.25) is 0 Å². The molecule has 2 aromatic heterocycles. The lowest BCUT2D eigenvalue weighted by atomic mass is 10.4. The normalized spacial score (nSPS) is 18.2. The Kier molecular flexibility index (Phi) is 14.6. The predicted octanol–water partition coefficient (Wildman–Crippen LogP) is 2.36. The van der Waals surface area contributed by atoms with Crippen molar-refractivity contribution in [3.63, 3.8) is 0 Å². The average Bonchev–Trinajstić information content (AvgIpc) is 3.81. The predicted molar refractivity (Wildman–Crippen MR) is 174 cm³/mol. The van der Waals surface area contributed by atoms with Crippen molar-refractivity contribution in [2.24, 2.45) is 5.10 Å². The molecule has 3 aliphatic heterocycles. The van der Waals surface area contributed by atoms with Crippen molar-refractivity contribution in [1.29, 1.82) is 0 Å². The molecule has 0 radical (unpaired) electrons. The van der Waals surface area contributed by atoms with Crippen LogP contribution in [0.15, 0.2) is 41.5 Å². The van der Waals surface area contributed by atoms with Crippen LogP contribution in [0.25, 0.3) is 0 Å². The number of halogens is 2. The third kappa shape index (κ3) is 12.7. The van der Waals surface area contributed by atoms with Crippen molar-refractivity contribution in [2.75, 3.05) is 57.8 Å². The summed E-state index contributed by atoms with van der Waals surface area (Å²) in [5.41, 5.74) is 0. The zero-order valence-corrected chi connectivity index (χ0v) is 27.8. The Hall–Kier alpha value is -3.66. The molecule has 0 spiro atoms. The summed E-state index contributed by atoms with van der Waals surface area (Å²) in [5, 5.41) is 42.3. The van der Waals surface area contributed by atoms with Crippen molar-refractivity contribution in [2.45, 2.75) is 13.1 Å². The van der Waals surface area contributed by atoms with Crippen LogP contribution in [0.5, 0.6) is 0 Å². The molecule has 5 rings (SSSR count). The standard InChI is InChI=1S/C8H9ClN4O2S.C7H8ClN5O2S.C7H13N3O2S/c9-8-11-3-6(16-8)4-12-2-1-10-7(12)5-13(14)15;8-6-10-3-5(16-6)4-12-2-1-9-7(12)11-13(14)15;1-13-5-4-9-3-2-8-7(9)6-10(11)12/h3,5,10H,1-2,4H2;3H,1-2,4H2,(H,9,11);6,8H,2-5H2,1H3/b7-5+;;. The lowest BCUT2D eigenvalue weighted by Gasteiger charge is -2.15. The Morgan fingerprint density at radius 2 is 1.36 bits per heavy atom. The summed E-state index contributed by atoms with van der Waals surface area (Å²) in [7, 11) is 0. The number of thioether (sulfide) groups is 1. The molecule has 3 fully saturated rings. The van der Waals surface area contributed by atoms with E-state index in [1.165, 1.54) is 22.7 Å². The Bertz CT molecular complexity index is 1330. The molecule has 0 amide bonds. The minimum absolute atomic E-state index is 0.287. The van der Waals surface area contributed by atoms with Crippen LogP contribution in [-0.2, 0) is 13.1 Å². The molecule has 3 saturated heterocycles. The number of hydrazone groups is 1. The Morgan fingerprint density at radius 3 is 1.84 bits per heavy atom. The molecule has 0 atom stereocenters. The fourth-order valence-electron chi connectivity index (χ4n) is 4.09. The Morgan fingerprint density at radius 1 is 0.867 bits per heavy atom. The van der Waals surface area contributed by atoms with Crippen LogP contribution in [-0.4, -0.2) is 103 Å². The first-order chi connectivity index (χ1) is 21.5. The first-order valence-electron chi connectivity index (χ1n) is 13.1. The highest BCUT2D eigenvalue weighted by molar-refractivity contribution is 7.98. The van der Waals surface area contributed by atoms with Crippen LogP contribution in [0.4, 0.5) is 0 Å². The lowest BCUT2D eigenvalue weighted by Crippen LogP contribution is -2.30. The molecule has 3 N–H and O–H groups in total. The summed E-state index contributed by atoms with van der Waals surface area (Å²) in [6.07, 6.45) is 7.40. The van der Waals surface area contributed by atoms with Gasteiger partial charge in [-0.3, -0.25) is 20.2 Å². The number of hydrogen-bond acceptors (Lipinski definition) is 15. The lowest BCUT2D eigenvalue weighted by molar-refractivity contribution is -0.485. The molecule has 23 heteroatoms. The quantitative estimate of drug-likeness (QED) is 0.237. The maximum Gasteiger partial charge on any atom is 0.274 e. The third-order valence-electron chi connectivity index (χ3n) is 5.96. The molecule has 0 unspecified atom stereocenters. The number of guanidine groups is 1. The van der Waals surface area contributed by atoms with Crippen molar-refractivity contribution in [1.82, 2.24) is 40.6 Å². The van der Waals surface area contributed by atoms with Gasteiger partial charge in [0.05, 0.1) is 22.9 Å². The van der Waals surface area contributed by atoms with Crippen molar-refractivity contribution in [3.05, 3.63) is 85.5 Å². The number of aromatic nitrogens is 2. The van der Waals surface area contributed by atoms with Gasteiger partial charge in [-0.15, -0.1) is 22.7 Å². The summed E-state index contributed by atoms with van der Waals surface area (Å²) < 4.78 is 0.955. The number of nitrogens with one attached hydrogen (secondary N) is 3. The van der Waals surface area contributed by atoms with Gasteiger partial charge in [-0.2, -0.15) is 11.8 Å². The first kappa shape index (κ1) is 35.8. The molecular formula is C22H30Cl2N12O6S3. The molecule has 5 heterocycles. The topological polar surface area (TPSA) is 213 Å². The molecule has 45 heavy (non-hydrogen) atoms. The zero-order valence-electron chi connectivity index (χ0n) is 23.8. The minimum Gasteiger partial charge on any atom is -0.365 e. The fourth-order valence-corrected chi connectivity index (χ4v) is 6.48. The molecule has 0 aliphatic carbocycles. The van der Waals surface area contributed by atoms with Crippen molar-refractivity contribution < 1.29 is 14.9 Å². The van der Waals surface area contributed by atoms with Crippen LogP contribution in [0, 0.1) is 30.3 Å². The summed E-state index contributed by atoms with van der Waals surface area (Å²) in [6.45, 7) is 6.45. The van der Waals surface area contributed by atoms with Gasteiger partial charge in [-0.1, -0.05) is 23.2 Å². The van der Waals surface area contributed by atoms with E-state index in [4.69, 9.17) is 23.2 Å². The van der Waals surface area contributed by atoms with E-state index in [9.17, 15) is 30.3 Å². The molecule has 246 valence electrons. The smallest absolute Gasteiger partial charge is 0.274 e. The summed E-state index contributed by atoms with van der Waals surface area (Å²) >= 11 is 15.9. The number of hydrogen-bond donors (Lipinski definition) is 3. The highest BCUT2D eigenvalue weighted by atomic mass is 35.5. The first-order valence-corrected chi connectivity index (χ1v) is 16.9. The van der Waals surface area contributed by atoms with Crippen LogP contribution >= 0.6 is 57.6 Å². The van der Waals surface area contributed by atoms with Crippen LogP contribution < -0.4 is 16.0 Å². The molecule has 18 nitrogen and oxygen atoms in total. The Labute approximate surface area is 279 Å². The Balaban J connectivity index is 0.000000185. The van der Waals surface area contributed by atoms with E-state index in [2.05, 4.69) is 31.0 Å². The fraction of sp³-hybridized carbons (Fsp3) is 0.500. The van der Waals surface area contributed by atoms with Gasteiger partial charge in [0.1, 0.15) is 5.10 Å². The zero-order chi connectivity index (χ0) is 32.8. The molecular weight excluding hydrogens is 695 g/mol. The SMILES string of the molecule is CSCCN1CCNC1=C[N+](=O)[O-].O=[N+]([O-])/C=C1\NCCN1Cc1cnc(Cl)s1.O=[N+]([O-])/N=C1\NCCN1Cc1cnc(Cl)s1. The number of nitro groups is 3. The monoisotopic (exact) mass is 724 g/mol. The highest BCUT2D eigenvalue weighted by Gasteiger charge is 2.23. The maximum absolute atomic E-state index is 10.4. The van der Waals surface area contributed by atoms with Crippen LogP contribution in [0.3, 0.4) is 0 Å². The van der Waals surface area contributed by atoms with Gasteiger partial charge in [0.15, 0.2) is 25.6 Å². The van der Waals surface area contributed by atoms with E-state index in [1.807, 2.05) is 16.1 Å².